The van der Waals surface area contributed by atoms with Crippen molar-refractivity contribution in [3.8, 4) is 0 Å². The van der Waals surface area contributed by atoms with E-state index < -0.39 is 29.4 Å². The van der Waals surface area contributed by atoms with Gasteiger partial charge in [0.1, 0.15) is 23.2 Å². The Bertz CT molecular complexity index is 1140. The molecule has 2 aliphatic heterocycles. The Morgan fingerprint density at radius 2 is 2.17 bits per heavy atom. The van der Waals surface area contributed by atoms with Crippen molar-refractivity contribution in [2.75, 3.05) is 24.6 Å². The number of nitrogens with zero attached hydrogens (tertiary/aromatic N) is 4. The number of nitrogen functional groups attached to an aromatic ring is 1. The van der Waals surface area contributed by atoms with E-state index in [2.05, 4.69) is 15.5 Å². The lowest BCUT2D eigenvalue weighted by Gasteiger charge is -2.53. The number of fused-ring (bicyclic) bond motifs is 1. The molecule has 4 rings (SSSR count). The number of carbonyl (C=O) groups is 3. The summed E-state index contributed by atoms with van der Waals surface area (Å²) in [6, 6.07) is 4.67. The van der Waals surface area contributed by atoms with E-state index in [9.17, 15) is 19.5 Å². The molecule has 14 heteroatoms. The van der Waals surface area contributed by atoms with Crippen LogP contribution in [-0.2, 0) is 25.8 Å². The van der Waals surface area contributed by atoms with E-state index in [1.807, 2.05) is 18.2 Å². The smallest absolute Gasteiger partial charge is 0.318 e. The van der Waals surface area contributed by atoms with Gasteiger partial charge < -0.3 is 31.6 Å². The highest BCUT2D eigenvalue weighted by molar-refractivity contribution is 8.00. The van der Waals surface area contributed by atoms with Crippen molar-refractivity contribution in [3.63, 3.8) is 0 Å². The zero-order chi connectivity index (χ0) is 25.2. The molecule has 0 radical (unpaired) electrons. The van der Waals surface area contributed by atoms with E-state index in [0.717, 1.165) is 11.3 Å². The van der Waals surface area contributed by atoms with E-state index in [1.165, 1.54) is 16.7 Å². The Kier molecular flexibility index (Phi) is 7.23. The van der Waals surface area contributed by atoms with Gasteiger partial charge in [0.25, 0.3) is 5.91 Å². The summed E-state index contributed by atoms with van der Waals surface area (Å²) in [4.78, 5) is 49.1. The molecule has 12 nitrogen and oxygen atoms in total. The Balaban J connectivity index is 1.47. The maximum absolute atomic E-state index is 13.0. The number of aromatic nitrogens is 2. The molecule has 3 unspecified atom stereocenters. The summed E-state index contributed by atoms with van der Waals surface area (Å²) < 4.78 is 1.79. The third-order valence-electron chi connectivity index (χ3n) is 5.78. The normalized spacial score (nSPS) is 24.8. The van der Waals surface area contributed by atoms with E-state index in [4.69, 9.17) is 16.3 Å². The van der Waals surface area contributed by atoms with Crippen LogP contribution in [0.1, 0.15) is 12.6 Å². The van der Waals surface area contributed by atoms with Gasteiger partial charge in [0.05, 0.1) is 0 Å². The van der Waals surface area contributed by atoms with Crippen molar-refractivity contribution in [1.82, 2.24) is 15.2 Å². The van der Waals surface area contributed by atoms with Crippen molar-refractivity contribution in [2.45, 2.75) is 31.0 Å². The second-order valence-corrected chi connectivity index (χ2v) is 10.4. The van der Waals surface area contributed by atoms with Crippen molar-refractivity contribution in [3.05, 3.63) is 41.7 Å². The van der Waals surface area contributed by atoms with Gasteiger partial charge in [-0.2, -0.15) is 0 Å². The Labute approximate surface area is 209 Å². The topological polar surface area (TPSA) is 177 Å². The fourth-order valence-corrected chi connectivity index (χ4v) is 5.88. The Morgan fingerprint density at radius 3 is 2.80 bits per heavy atom. The molecular weight excluding hydrogens is 494 g/mol. The van der Waals surface area contributed by atoms with Crippen LogP contribution in [0.5, 0.6) is 0 Å². The molecule has 0 saturated carbocycles. The molecule has 6 N–H and O–H groups in total. The lowest BCUT2D eigenvalue weighted by Crippen LogP contribution is -2.75. The van der Waals surface area contributed by atoms with Crippen molar-refractivity contribution in [1.29, 1.82) is 0 Å². The molecule has 35 heavy (non-hydrogen) atoms. The first-order valence-electron chi connectivity index (χ1n) is 10.8. The molecule has 2 aromatic rings. The molecule has 0 bridgehead atoms. The second kappa shape index (κ2) is 10.2. The number of hydrogen-bond acceptors (Lipinski definition) is 10. The number of nitrogens with two attached hydrogens (primary N) is 2. The van der Waals surface area contributed by atoms with Gasteiger partial charge in [-0.05, 0) is 6.92 Å². The molecule has 4 atom stereocenters. The van der Waals surface area contributed by atoms with Crippen LogP contribution in [0.2, 0.25) is 0 Å². The summed E-state index contributed by atoms with van der Waals surface area (Å²) >= 11 is 2.47. The SMILES string of the molecule is CC(CN)ON=C(C(=O)NC1C(=O)N2CC(C[n+]3ccccc3)(C(=O)O)CS[C@H]12)c1csc(N)n1. The summed E-state index contributed by atoms with van der Waals surface area (Å²) in [6.45, 7) is 2.16. The van der Waals surface area contributed by atoms with Gasteiger partial charge in [0.2, 0.25) is 5.91 Å². The summed E-state index contributed by atoms with van der Waals surface area (Å²) in [7, 11) is 0. The lowest BCUT2D eigenvalue weighted by molar-refractivity contribution is -0.706. The Hall–Kier alpha value is -3.23. The summed E-state index contributed by atoms with van der Waals surface area (Å²) in [5, 5.41) is 18.1. The number of nitrogens with one attached hydrogen (secondary N) is 1. The quantitative estimate of drug-likeness (QED) is 0.143. The molecule has 2 fully saturated rings. The highest BCUT2D eigenvalue weighted by Crippen LogP contribution is 2.42. The number of carboxylic acids is 1. The number of amides is 2. The van der Waals surface area contributed by atoms with Gasteiger partial charge >= 0.3 is 5.97 Å². The van der Waals surface area contributed by atoms with E-state index in [-0.39, 0.29) is 53.2 Å². The van der Waals surface area contributed by atoms with Gasteiger partial charge in [0, 0.05) is 36.4 Å². The summed E-state index contributed by atoms with van der Waals surface area (Å²) in [6.07, 6.45) is 3.15. The zero-order valence-electron chi connectivity index (χ0n) is 18.9. The van der Waals surface area contributed by atoms with Crippen LogP contribution in [-0.4, -0.2) is 74.8 Å². The maximum Gasteiger partial charge on any atom is 0.318 e. The van der Waals surface area contributed by atoms with Gasteiger partial charge in [-0.3, -0.25) is 14.4 Å². The van der Waals surface area contributed by atoms with Gasteiger partial charge in [0.15, 0.2) is 35.2 Å². The van der Waals surface area contributed by atoms with E-state index in [0.29, 0.717) is 0 Å². The predicted octanol–water partition coefficient (Wildman–Crippen LogP) is -0.748. The predicted molar refractivity (Wildman–Crippen MR) is 129 cm³/mol. The summed E-state index contributed by atoms with van der Waals surface area (Å²) in [5.41, 5.74) is 10.2. The molecule has 2 aliphatic rings. The highest BCUT2D eigenvalue weighted by atomic mass is 32.2. The number of thiazole rings is 1. The monoisotopic (exact) mass is 520 g/mol. The Morgan fingerprint density at radius 1 is 1.43 bits per heavy atom. The number of carboxylic acid groups (broad SMARTS) is 1. The van der Waals surface area contributed by atoms with E-state index in [1.54, 1.807) is 29.3 Å². The van der Waals surface area contributed by atoms with Crippen molar-refractivity contribution >= 4 is 51.7 Å². The molecule has 0 aromatic carbocycles. The first-order chi connectivity index (χ1) is 16.7. The molecule has 2 amide bonds. The highest BCUT2D eigenvalue weighted by Gasteiger charge is 2.59. The lowest BCUT2D eigenvalue weighted by atomic mass is 9.86. The fraction of sp³-hybridized carbons (Fsp3) is 0.429. The molecule has 186 valence electrons. The molecule has 0 aliphatic carbocycles. The number of β-lactam (4-membered cyclic amide) rings is 1. The standard InChI is InChI=1S/C21H25N7O5S2/c1-12(7-22)33-26-14(13-8-34-20(23)24-13)16(29)25-15-17(30)28-10-21(19(31)32,11-35-18(15)28)9-27-5-3-2-4-6-27/h2-6,8,12,15,18H,7,9-11,22H2,1H3,(H3-,23,24,25,29,31,32)/p+1/t12?,15?,18-,21?/m1/s1. The van der Waals surface area contributed by atoms with E-state index >= 15 is 0 Å². The van der Waals surface area contributed by atoms with Crippen LogP contribution in [0.4, 0.5) is 5.13 Å². The average Bonchev–Trinajstić information content (AvgIpc) is 3.28. The minimum absolute atomic E-state index is 0.0494. The number of pyridine rings is 1. The molecule has 0 spiro atoms. The van der Waals surface area contributed by atoms with Crippen LogP contribution < -0.4 is 21.4 Å². The molecule has 4 heterocycles. The maximum atomic E-state index is 13.0. The number of rotatable bonds is 9. The van der Waals surface area contributed by atoms with Gasteiger partial charge in [-0.1, -0.05) is 11.2 Å². The average molecular weight is 521 g/mol. The summed E-state index contributed by atoms with van der Waals surface area (Å²) in [5.74, 6) is -1.69. The van der Waals surface area contributed by atoms with Crippen molar-refractivity contribution < 1.29 is 28.9 Å². The first-order valence-corrected chi connectivity index (χ1v) is 12.7. The second-order valence-electron chi connectivity index (χ2n) is 8.41. The zero-order valence-corrected chi connectivity index (χ0v) is 20.5. The third-order valence-corrected chi connectivity index (χ3v) is 8.04. The van der Waals surface area contributed by atoms with Crippen LogP contribution in [0.15, 0.2) is 41.1 Å². The number of oxime groups is 1. The molecule has 2 aromatic heterocycles. The number of aliphatic carboxylic acids is 1. The minimum Gasteiger partial charge on any atom is -0.481 e. The van der Waals surface area contributed by atoms with Crippen LogP contribution in [0, 0.1) is 5.41 Å². The van der Waals surface area contributed by atoms with Gasteiger partial charge in [-0.15, -0.1) is 23.1 Å². The third kappa shape index (κ3) is 5.09. The van der Waals surface area contributed by atoms with Crippen LogP contribution >= 0.6 is 23.1 Å². The molecular formula is C21H26N7O5S2+. The van der Waals surface area contributed by atoms with Crippen molar-refractivity contribution in [2.24, 2.45) is 16.3 Å². The number of carbonyl (C=O) groups excluding carboxylic acids is 2. The van der Waals surface area contributed by atoms with Crippen LogP contribution in [0.3, 0.4) is 0 Å². The minimum atomic E-state index is -1.14. The number of hydrogen-bond donors (Lipinski definition) is 4. The molecule has 2 saturated heterocycles. The fourth-order valence-electron chi connectivity index (χ4n) is 3.81. The first kappa shape index (κ1) is 24.9. The number of thioether (sulfide) groups is 1. The number of anilines is 1. The largest absolute Gasteiger partial charge is 0.481 e. The van der Waals surface area contributed by atoms with Crippen LogP contribution in [0.25, 0.3) is 0 Å². The van der Waals surface area contributed by atoms with Gasteiger partial charge in [-0.25, -0.2) is 9.55 Å².